The number of hydrogen-bond acceptors (Lipinski definition) is 3. The van der Waals surface area contributed by atoms with Gasteiger partial charge in [-0.25, -0.2) is 4.39 Å². The first kappa shape index (κ1) is 22.1. The van der Waals surface area contributed by atoms with E-state index in [2.05, 4.69) is 6.92 Å². The summed E-state index contributed by atoms with van der Waals surface area (Å²) in [6.07, 6.45) is 5.64. The van der Waals surface area contributed by atoms with Crippen molar-refractivity contribution in [2.24, 2.45) is 5.92 Å². The number of carbonyl (C=O) groups is 1. The summed E-state index contributed by atoms with van der Waals surface area (Å²) < 4.78 is 25.3. The lowest BCUT2D eigenvalue weighted by Crippen LogP contribution is -2.38. The lowest BCUT2D eigenvalue weighted by atomic mass is 9.96. The Morgan fingerprint density at radius 3 is 2.75 bits per heavy atom. The van der Waals surface area contributed by atoms with E-state index in [-0.39, 0.29) is 11.7 Å². The summed E-state index contributed by atoms with van der Waals surface area (Å²) in [5, 5.41) is 0.916. The van der Waals surface area contributed by atoms with E-state index in [1.807, 2.05) is 31.7 Å². The third-order valence-corrected chi connectivity index (χ3v) is 6.22. The number of fused-ring (bicyclic) bond motifs is 1. The van der Waals surface area contributed by atoms with E-state index in [1.54, 1.807) is 24.5 Å². The number of furan rings is 1. The Balaban J connectivity index is 1.79. The van der Waals surface area contributed by atoms with E-state index in [1.165, 1.54) is 18.6 Å². The van der Waals surface area contributed by atoms with Gasteiger partial charge in [0.15, 0.2) is 0 Å². The Morgan fingerprint density at radius 2 is 2.06 bits per heavy atom. The quantitative estimate of drug-likeness (QED) is 0.424. The SMILES string of the molecule is CCOc1c(/C(C)=C/C(=O)N2CCCC(C)C2)cc2c(-c3ccc(F)cc3)coc2c1C. The summed E-state index contributed by atoms with van der Waals surface area (Å²) in [4.78, 5) is 14.9. The molecule has 1 saturated heterocycles. The summed E-state index contributed by atoms with van der Waals surface area (Å²) in [6, 6.07) is 8.40. The number of benzene rings is 2. The van der Waals surface area contributed by atoms with Gasteiger partial charge in [0.25, 0.3) is 0 Å². The Bertz CT molecular complexity index is 1160. The molecule has 1 amide bonds. The molecule has 1 atom stereocenters. The molecule has 1 unspecified atom stereocenters. The number of hydrogen-bond donors (Lipinski definition) is 0. The molecule has 2 aromatic carbocycles. The maximum Gasteiger partial charge on any atom is 0.246 e. The normalized spacial score (nSPS) is 17.1. The molecule has 2 heterocycles. The molecule has 4 nitrogen and oxygen atoms in total. The summed E-state index contributed by atoms with van der Waals surface area (Å²) in [5.74, 6) is 1.03. The largest absolute Gasteiger partial charge is 0.493 e. The van der Waals surface area contributed by atoms with Gasteiger partial charge in [0.05, 0.1) is 12.9 Å². The van der Waals surface area contributed by atoms with Crippen molar-refractivity contribution in [1.29, 1.82) is 0 Å². The number of piperidine rings is 1. The van der Waals surface area contributed by atoms with Gasteiger partial charge in [-0.3, -0.25) is 4.79 Å². The number of amides is 1. The Hall–Kier alpha value is -3.08. The van der Waals surface area contributed by atoms with Crippen LogP contribution in [0.4, 0.5) is 4.39 Å². The third kappa shape index (κ3) is 4.29. The van der Waals surface area contributed by atoms with Crippen molar-refractivity contribution in [2.45, 2.75) is 40.5 Å². The van der Waals surface area contributed by atoms with Crippen LogP contribution < -0.4 is 4.74 Å². The minimum Gasteiger partial charge on any atom is -0.493 e. The molecule has 168 valence electrons. The molecule has 1 fully saturated rings. The molecule has 4 rings (SSSR count). The predicted octanol–water partition coefficient (Wildman–Crippen LogP) is 6.61. The number of allylic oxidation sites excluding steroid dienone is 1. The van der Waals surface area contributed by atoms with Crippen molar-refractivity contribution in [3.05, 3.63) is 59.6 Å². The van der Waals surface area contributed by atoms with Crippen LogP contribution in [0.15, 0.2) is 47.1 Å². The van der Waals surface area contributed by atoms with Crippen molar-refractivity contribution >= 4 is 22.4 Å². The van der Waals surface area contributed by atoms with Crippen molar-refractivity contribution in [3.8, 4) is 16.9 Å². The van der Waals surface area contributed by atoms with Gasteiger partial charge in [-0.2, -0.15) is 0 Å². The van der Waals surface area contributed by atoms with Crippen molar-refractivity contribution in [3.63, 3.8) is 0 Å². The van der Waals surface area contributed by atoms with Gasteiger partial charge in [0, 0.05) is 41.2 Å². The van der Waals surface area contributed by atoms with E-state index in [0.717, 1.165) is 64.1 Å². The van der Waals surface area contributed by atoms with Crippen LogP contribution in [0, 0.1) is 18.7 Å². The Kier molecular flexibility index (Phi) is 6.35. The number of rotatable bonds is 5. The lowest BCUT2D eigenvalue weighted by molar-refractivity contribution is -0.127. The van der Waals surface area contributed by atoms with E-state index in [9.17, 15) is 9.18 Å². The second-order valence-electron chi connectivity index (χ2n) is 8.70. The van der Waals surface area contributed by atoms with Crippen LogP contribution in [-0.4, -0.2) is 30.5 Å². The summed E-state index contributed by atoms with van der Waals surface area (Å²) >= 11 is 0. The highest BCUT2D eigenvalue weighted by atomic mass is 19.1. The number of ether oxygens (including phenoxy) is 1. The number of aryl methyl sites for hydroxylation is 1. The fourth-order valence-electron chi connectivity index (χ4n) is 4.54. The fourth-order valence-corrected chi connectivity index (χ4v) is 4.54. The predicted molar refractivity (Wildman–Crippen MR) is 126 cm³/mol. The number of carbonyl (C=O) groups excluding carboxylic acids is 1. The Labute approximate surface area is 188 Å². The molecule has 32 heavy (non-hydrogen) atoms. The molecule has 0 radical (unpaired) electrons. The first-order valence-electron chi connectivity index (χ1n) is 11.3. The summed E-state index contributed by atoms with van der Waals surface area (Å²) in [6.45, 7) is 10.2. The van der Waals surface area contributed by atoms with Gasteiger partial charge in [-0.05, 0) is 68.9 Å². The molecule has 1 aromatic heterocycles. The van der Waals surface area contributed by atoms with E-state index >= 15 is 0 Å². The van der Waals surface area contributed by atoms with Crippen LogP contribution in [0.5, 0.6) is 5.75 Å². The van der Waals surface area contributed by atoms with Crippen LogP contribution in [0.1, 0.15) is 44.7 Å². The smallest absolute Gasteiger partial charge is 0.246 e. The molecule has 1 aliphatic rings. The minimum atomic E-state index is -0.277. The first-order chi connectivity index (χ1) is 15.4. The maximum absolute atomic E-state index is 13.4. The van der Waals surface area contributed by atoms with E-state index < -0.39 is 0 Å². The zero-order valence-corrected chi connectivity index (χ0v) is 19.2. The number of halogens is 1. The van der Waals surface area contributed by atoms with E-state index in [0.29, 0.717) is 12.5 Å². The van der Waals surface area contributed by atoms with Crippen molar-refractivity contribution in [2.75, 3.05) is 19.7 Å². The van der Waals surface area contributed by atoms with Crippen LogP contribution >= 0.6 is 0 Å². The second kappa shape index (κ2) is 9.19. The average Bonchev–Trinajstić information content (AvgIpc) is 3.20. The van der Waals surface area contributed by atoms with Gasteiger partial charge in [-0.15, -0.1) is 0 Å². The number of nitrogens with zero attached hydrogens (tertiary/aromatic N) is 1. The standard InChI is InChI=1S/C27H30FNO3/c1-5-31-26-19(4)27-23(24(16-32-27)20-8-10-21(28)11-9-20)14-22(26)18(3)13-25(30)29-12-6-7-17(2)15-29/h8-11,13-14,16-17H,5-7,12,15H2,1-4H3/b18-13+. The highest BCUT2D eigenvalue weighted by Gasteiger charge is 2.22. The van der Waals surface area contributed by atoms with Crippen LogP contribution in [-0.2, 0) is 4.79 Å². The van der Waals surface area contributed by atoms with Gasteiger partial charge >= 0.3 is 0 Å². The first-order valence-corrected chi connectivity index (χ1v) is 11.3. The second-order valence-corrected chi connectivity index (χ2v) is 8.70. The van der Waals surface area contributed by atoms with Gasteiger partial charge in [0.2, 0.25) is 5.91 Å². The molecule has 3 aromatic rings. The monoisotopic (exact) mass is 435 g/mol. The molecular weight excluding hydrogens is 405 g/mol. The lowest BCUT2D eigenvalue weighted by Gasteiger charge is -2.30. The van der Waals surface area contributed by atoms with Crippen LogP contribution in [0.25, 0.3) is 27.7 Å². The fraction of sp³-hybridized carbons (Fsp3) is 0.370. The highest BCUT2D eigenvalue weighted by molar-refractivity contribution is 6.01. The van der Waals surface area contributed by atoms with Crippen molar-refractivity contribution < 1.29 is 18.3 Å². The maximum atomic E-state index is 13.4. The van der Waals surface area contributed by atoms with Gasteiger partial charge in [-0.1, -0.05) is 19.1 Å². The number of likely N-dealkylation sites (tertiary alicyclic amines) is 1. The van der Waals surface area contributed by atoms with Crippen LogP contribution in [0.3, 0.4) is 0 Å². The average molecular weight is 436 g/mol. The van der Waals surface area contributed by atoms with Crippen LogP contribution in [0.2, 0.25) is 0 Å². The summed E-state index contributed by atoms with van der Waals surface area (Å²) in [5.41, 5.74) is 5.11. The zero-order chi connectivity index (χ0) is 22.8. The molecule has 5 heteroatoms. The van der Waals surface area contributed by atoms with Gasteiger partial charge < -0.3 is 14.1 Å². The molecular formula is C27H30FNO3. The Morgan fingerprint density at radius 1 is 1.31 bits per heavy atom. The molecule has 0 bridgehead atoms. The molecule has 0 aliphatic carbocycles. The molecule has 0 spiro atoms. The molecule has 0 saturated carbocycles. The highest BCUT2D eigenvalue weighted by Crippen LogP contribution is 2.40. The topological polar surface area (TPSA) is 42.7 Å². The third-order valence-electron chi connectivity index (χ3n) is 6.22. The molecule has 0 N–H and O–H groups in total. The zero-order valence-electron chi connectivity index (χ0n) is 19.2. The molecule has 1 aliphatic heterocycles. The van der Waals surface area contributed by atoms with Gasteiger partial charge in [0.1, 0.15) is 17.1 Å². The summed E-state index contributed by atoms with van der Waals surface area (Å²) in [7, 11) is 0. The van der Waals surface area contributed by atoms with Crippen molar-refractivity contribution in [1.82, 2.24) is 4.90 Å². The minimum absolute atomic E-state index is 0.0419. The van der Waals surface area contributed by atoms with E-state index in [4.69, 9.17) is 9.15 Å².